The lowest BCUT2D eigenvalue weighted by atomic mass is 9.92. The van der Waals surface area contributed by atoms with E-state index in [4.69, 9.17) is 5.73 Å². The summed E-state index contributed by atoms with van der Waals surface area (Å²) in [6, 6.07) is 0.280. The topological polar surface area (TPSA) is 67.2 Å². The lowest BCUT2D eigenvalue weighted by Gasteiger charge is -2.28. The van der Waals surface area contributed by atoms with Crippen molar-refractivity contribution in [2.45, 2.75) is 32.7 Å². The first-order valence-electron chi connectivity index (χ1n) is 5.28. The average molecular weight is 236 g/mol. The molecule has 0 radical (unpaired) electrons. The highest BCUT2D eigenvalue weighted by Crippen LogP contribution is 2.13. The molecule has 0 aliphatic carbocycles. The van der Waals surface area contributed by atoms with Gasteiger partial charge in [0.25, 0.3) is 0 Å². The molecule has 0 aromatic rings. The molecular weight excluding hydrogens is 214 g/mol. The fourth-order valence-electron chi connectivity index (χ4n) is 1.45. The molecule has 0 aromatic carbocycles. The van der Waals surface area contributed by atoms with Gasteiger partial charge in [0.1, 0.15) is 0 Å². The Hall–Kier alpha value is -0.320. The smallest absolute Gasteiger partial charge is 0.227 e. The van der Waals surface area contributed by atoms with Gasteiger partial charge in [-0.3, -0.25) is 4.79 Å². The van der Waals surface area contributed by atoms with Crippen molar-refractivity contribution in [3.8, 4) is 0 Å². The van der Waals surface area contributed by atoms with Crippen molar-refractivity contribution >= 4 is 18.3 Å². The predicted molar refractivity (Wildman–Crippen MR) is 64.1 cm³/mol. The van der Waals surface area contributed by atoms with Gasteiger partial charge in [-0.2, -0.15) is 0 Å². The molecule has 5 heteroatoms. The zero-order valence-electron chi connectivity index (χ0n) is 9.51. The zero-order chi connectivity index (χ0) is 10.6. The normalized spacial score (nSPS) is 21.7. The Bertz CT molecular complexity index is 203. The van der Waals surface area contributed by atoms with Gasteiger partial charge in [-0.15, -0.1) is 12.4 Å². The van der Waals surface area contributed by atoms with Gasteiger partial charge in [-0.25, -0.2) is 0 Å². The van der Waals surface area contributed by atoms with Crippen LogP contribution >= 0.6 is 12.4 Å². The van der Waals surface area contributed by atoms with Gasteiger partial charge in [-0.1, -0.05) is 0 Å². The molecule has 1 saturated heterocycles. The van der Waals surface area contributed by atoms with E-state index in [9.17, 15) is 4.79 Å². The van der Waals surface area contributed by atoms with Crippen LogP contribution in [-0.2, 0) is 4.79 Å². The van der Waals surface area contributed by atoms with E-state index < -0.39 is 5.41 Å². The van der Waals surface area contributed by atoms with Gasteiger partial charge in [-0.05, 0) is 33.2 Å². The van der Waals surface area contributed by atoms with Gasteiger partial charge < -0.3 is 16.4 Å². The van der Waals surface area contributed by atoms with Crippen LogP contribution in [0.15, 0.2) is 0 Å². The molecule has 1 fully saturated rings. The highest BCUT2D eigenvalue weighted by Gasteiger charge is 2.27. The second-order valence-corrected chi connectivity index (χ2v) is 4.60. The van der Waals surface area contributed by atoms with E-state index in [0.29, 0.717) is 6.54 Å². The fourth-order valence-corrected chi connectivity index (χ4v) is 1.45. The van der Waals surface area contributed by atoms with E-state index in [-0.39, 0.29) is 24.4 Å². The van der Waals surface area contributed by atoms with Crippen molar-refractivity contribution in [1.82, 2.24) is 10.6 Å². The Morgan fingerprint density at radius 2 is 2.27 bits per heavy atom. The number of carbonyl (C=O) groups is 1. The molecule has 1 amide bonds. The molecular formula is C10H22ClN3O. The van der Waals surface area contributed by atoms with Gasteiger partial charge in [0.2, 0.25) is 5.91 Å². The number of rotatable bonds is 3. The van der Waals surface area contributed by atoms with Gasteiger partial charge in [0.15, 0.2) is 0 Å². The summed E-state index contributed by atoms with van der Waals surface area (Å²) < 4.78 is 0. The Labute approximate surface area is 97.8 Å². The SMILES string of the molecule is CC(C)(CN)C(=O)N[C@H]1CCCNC1.Cl. The number of nitrogens with two attached hydrogens (primary N) is 1. The molecule has 1 heterocycles. The summed E-state index contributed by atoms with van der Waals surface area (Å²) in [5, 5.41) is 6.29. The maximum Gasteiger partial charge on any atom is 0.227 e. The van der Waals surface area contributed by atoms with Crippen molar-refractivity contribution in [1.29, 1.82) is 0 Å². The van der Waals surface area contributed by atoms with Crippen molar-refractivity contribution in [2.75, 3.05) is 19.6 Å². The van der Waals surface area contributed by atoms with E-state index in [1.54, 1.807) is 0 Å². The van der Waals surface area contributed by atoms with E-state index in [2.05, 4.69) is 10.6 Å². The number of hydrogen-bond acceptors (Lipinski definition) is 3. The summed E-state index contributed by atoms with van der Waals surface area (Å²) in [4.78, 5) is 11.7. The van der Waals surface area contributed by atoms with Gasteiger partial charge in [0.05, 0.1) is 5.41 Å². The second-order valence-electron chi connectivity index (χ2n) is 4.60. The summed E-state index contributed by atoms with van der Waals surface area (Å²) >= 11 is 0. The average Bonchev–Trinajstić information content (AvgIpc) is 2.19. The van der Waals surface area contributed by atoms with Gasteiger partial charge >= 0.3 is 0 Å². The Kier molecular flexibility index (Phi) is 6.17. The first-order valence-corrected chi connectivity index (χ1v) is 5.28. The lowest BCUT2D eigenvalue weighted by molar-refractivity contribution is -0.129. The summed E-state index contributed by atoms with van der Waals surface area (Å²) in [6.45, 7) is 6.08. The van der Waals surface area contributed by atoms with Crippen LogP contribution in [0, 0.1) is 5.41 Å². The highest BCUT2D eigenvalue weighted by molar-refractivity contribution is 5.85. The molecule has 0 bridgehead atoms. The predicted octanol–water partition coefficient (Wildman–Crippen LogP) is 0.261. The molecule has 1 aliphatic rings. The van der Waals surface area contributed by atoms with Crippen LogP contribution in [0.25, 0.3) is 0 Å². The van der Waals surface area contributed by atoms with E-state index >= 15 is 0 Å². The van der Waals surface area contributed by atoms with Crippen molar-refractivity contribution < 1.29 is 4.79 Å². The number of hydrogen-bond donors (Lipinski definition) is 3. The summed E-state index contributed by atoms with van der Waals surface area (Å²) in [6.07, 6.45) is 2.20. The largest absolute Gasteiger partial charge is 0.352 e. The maximum absolute atomic E-state index is 11.7. The van der Waals surface area contributed by atoms with Crippen LogP contribution in [0.3, 0.4) is 0 Å². The van der Waals surface area contributed by atoms with E-state index in [1.807, 2.05) is 13.8 Å². The molecule has 15 heavy (non-hydrogen) atoms. The second kappa shape index (κ2) is 6.30. The van der Waals surface area contributed by atoms with Crippen LogP contribution in [0.1, 0.15) is 26.7 Å². The monoisotopic (exact) mass is 235 g/mol. The molecule has 0 aromatic heterocycles. The zero-order valence-corrected chi connectivity index (χ0v) is 10.3. The third-order valence-electron chi connectivity index (χ3n) is 2.76. The van der Waals surface area contributed by atoms with Crippen LogP contribution < -0.4 is 16.4 Å². The Morgan fingerprint density at radius 1 is 1.60 bits per heavy atom. The molecule has 0 unspecified atom stereocenters. The fraction of sp³-hybridized carbons (Fsp3) is 0.900. The minimum Gasteiger partial charge on any atom is -0.352 e. The molecule has 0 spiro atoms. The number of piperidine rings is 1. The lowest BCUT2D eigenvalue weighted by Crippen LogP contribution is -2.51. The Morgan fingerprint density at radius 3 is 2.73 bits per heavy atom. The Balaban J connectivity index is 0.00000196. The molecule has 1 aliphatic heterocycles. The van der Waals surface area contributed by atoms with Crippen molar-refractivity contribution in [2.24, 2.45) is 11.1 Å². The van der Waals surface area contributed by atoms with Crippen LogP contribution in [0.4, 0.5) is 0 Å². The summed E-state index contributed by atoms with van der Waals surface area (Å²) in [5.41, 5.74) is 5.09. The molecule has 1 atom stereocenters. The number of nitrogens with one attached hydrogen (secondary N) is 2. The minimum absolute atomic E-state index is 0. The number of carbonyl (C=O) groups excluding carboxylic acids is 1. The van der Waals surface area contributed by atoms with Crippen LogP contribution in [0.5, 0.6) is 0 Å². The molecule has 0 saturated carbocycles. The number of halogens is 1. The summed E-state index contributed by atoms with van der Waals surface area (Å²) in [5.74, 6) is 0.0636. The van der Waals surface area contributed by atoms with Crippen LogP contribution in [0.2, 0.25) is 0 Å². The third kappa shape index (κ3) is 4.36. The standard InChI is InChI=1S/C10H21N3O.ClH/c1-10(2,7-11)9(14)13-8-4-3-5-12-6-8;/h8,12H,3-7,11H2,1-2H3,(H,13,14);1H/t8-;/m0./s1. The minimum atomic E-state index is -0.447. The first kappa shape index (κ1) is 14.7. The quantitative estimate of drug-likeness (QED) is 0.658. The van der Waals surface area contributed by atoms with Gasteiger partial charge in [0, 0.05) is 19.1 Å². The maximum atomic E-state index is 11.7. The first-order chi connectivity index (χ1) is 6.56. The highest BCUT2D eigenvalue weighted by atomic mass is 35.5. The molecule has 4 nitrogen and oxygen atoms in total. The van der Waals surface area contributed by atoms with Crippen LogP contribution in [-0.4, -0.2) is 31.6 Å². The molecule has 90 valence electrons. The van der Waals surface area contributed by atoms with Crippen molar-refractivity contribution in [3.63, 3.8) is 0 Å². The summed E-state index contributed by atoms with van der Waals surface area (Å²) in [7, 11) is 0. The third-order valence-corrected chi connectivity index (χ3v) is 2.76. The molecule has 4 N–H and O–H groups in total. The van der Waals surface area contributed by atoms with E-state index in [0.717, 1.165) is 25.9 Å². The number of amides is 1. The van der Waals surface area contributed by atoms with E-state index in [1.165, 1.54) is 0 Å². The van der Waals surface area contributed by atoms with Crippen molar-refractivity contribution in [3.05, 3.63) is 0 Å². The molecule has 1 rings (SSSR count).